The largest absolute Gasteiger partial charge is 0.354 e. The highest BCUT2D eigenvalue weighted by Gasteiger charge is 2.26. The third-order valence-electron chi connectivity index (χ3n) is 4.74. The molecule has 0 N–H and O–H groups in total. The lowest BCUT2D eigenvalue weighted by Crippen LogP contribution is -2.41. The summed E-state index contributed by atoms with van der Waals surface area (Å²) >= 11 is 0. The molecule has 0 saturated carbocycles. The van der Waals surface area contributed by atoms with E-state index in [0.29, 0.717) is 24.0 Å². The van der Waals surface area contributed by atoms with Crippen molar-refractivity contribution >= 4 is 12.3 Å². The summed E-state index contributed by atoms with van der Waals surface area (Å²) in [6.07, 6.45) is 5.36. The van der Waals surface area contributed by atoms with E-state index in [1.54, 1.807) is 18.4 Å². The van der Waals surface area contributed by atoms with Crippen molar-refractivity contribution in [2.24, 2.45) is 4.99 Å². The fraction of sp³-hybridized carbons (Fsp3) is 0.300. The Morgan fingerprint density at radius 1 is 1.21 bits per heavy atom. The van der Waals surface area contributed by atoms with E-state index in [9.17, 15) is 5.26 Å². The van der Waals surface area contributed by atoms with Crippen LogP contribution in [-0.2, 0) is 4.84 Å². The van der Waals surface area contributed by atoms with Gasteiger partial charge >= 0.3 is 0 Å². The molecule has 0 bridgehead atoms. The first-order chi connectivity index (χ1) is 13.8. The summed E-state index contributed by atoms with van der Waals surface area (Å²) in [5.74, 6) is 1.84. The van der Waals surface area contributed by atoms with Gasteiger partial charge in [0.15, 0.2) is 17.3 Å². The van der Waals surface area contributed by atoms with E-state index in [-0.39, 0.29) is 0 Å². The highest BCUT2D eigenvalue weighted by atomic mass is 16.7. The molecule has 0 radical (unpaired) electrons. The Bertz CT molecular complexity index is 960. The van der Waals surface area contributed by atoms with Crippen molar-refractivity contribution < 1.29 is 9.36 Å². The van der Waals surface area contributed by atoms with Crippen LogP contribution in [0.25, 0.3) is 17.5 Å². The number of allylic oxidation sites excluding steroid dienone is 1. The van der Waals surface area contributed by atoms with E-state index in [1.807, 2.05) is 36.4 Å². The molecule has 142 valence electrons. The second-order valence-electron chi connectivity index (χ2n) is 6.45. The Morgan fingerprint density at radius 2 is 2.00 bits per heavy atom. The van der Waals surface area contributed by atoms with Crippen LogP contribution in [0.3, 0.4) is 0 Å². The van der Waals surface area contributed by atoms with Crippen molar-refractivity contribution in [3.63, 3.8) is 0 Å². The van der Waals surface area contributed by atoms with Crippen LogP contribution in [0.5, 0.6) is 0 Å². The van der Waals surface area contributed by atoms with Crippen molar-refractivity contribution in [3.8, 4) is 17.5 Å². The lowest BCUT2D eigenvalue weighted by atomic mass is 10.0. The molecule has 1 fully saturated rings. The van der Waals surface area contributed by atoms with Gasteiger partial charge in [0.1, 0.15) is 6.07 Å². The number of hydroxylamine groups is 2. The van der Waals surface area contributed by atoms with Gasteiger partial charge in [-0.2, -0.15) is 10.2 Å². The van der Waals surface area contributed by atoms with Gasteiger partial charge in [0.2, 0.25) is 0 Å². The molecular formula is C20H20N6O2. The summed E-state index contributed by atoms with van der Waals surface area (Å²) < 4.78 is 5.37. The number of aliphatic imine (C=N–C) groups is 1. The highest BCUT2D eigenvalue weighted by molar-refractivity contribution is 5.64. The molecule has 3 heterocycles. The number of rotatable bonds is 4. The number of likely N-dealkylation sites (tertiary alicyclic amines) is 1. The fourth-order valence-corrected chi connectivity index (χ4v) is 3.34. The first kappa shape index (κ1) is 17.9. The van der Waals surface area contributed by atoms with Crippen LogP contribution in [0.1, 0.15) is 18.7 Å². The molecule has 28 heavy (non-hydrogen) atoms. The fourth-order valence-electron chi connectivity index (χ4n) is 3.34. The molecular weight excluding hydrogens is 356 g/mol. The Hall–Kier alpha value is -3.44. The highest BCUT2D eigenvalue weighted by Crippen LogP contribution is 2.27. The monoisotopic (exact) mass is 376 g/mol. The molecule has 0 spiro atoms. The second kappa shape index (κ2) is 8.06. The van der Waals surface area contributed by atoms with Crippen molar-refractivity contribution in [3.05, 3.63) is 53.2 Å². The van der Waals surface area contributed by atoms with Gasteiger partial charge in [0, 0.05) is 24.9 Å². The Kier molecular flexibility index (Phi) is 5.17. The van der Waals surface area contributed by atoms with Gasteiger partial charge in [-0.1, -0.05) is 28.9 Å². The van der Waals surface area contributed by atoms with Crippen molar-refractivity contribution in [1.82, 2.24) is 20.1 Å². The second-order valence-corrected chi connectivity index (χ2v) is 6.45. The standard InChI is InChI=1S/C20H20N6O2/c1-27-26-12-9-22-17(14-21)20(26)25-10-7-15(8-11-25)13-18-23-19(28-24-18)16-5-3-2-4-6-16/h2-6,9,13H,7-8,10-12H2,1H3. The molecule has 1 aromatic carbocycles. The van der Waals surface area contributed by atoms with Gasteiger partial charge in [0.05, 0.1) is 13.7 Å². The minimum Gasteiger partial charge on any atom is -0.354 e. The van der Waals surface area contributed by atoms with Crippen LogP contribution in [0, 0.1) is 11.3 Å². The summed E-state index contributed by atoms with van der Waals surface area (Å²) in [5, 5.41) is 15.1. The summed E-state index contributed by atoms with van der Waals surface area (Å²) in [6, 6.07) is 11.9. The molecule has 8 heteroatoms. The lowest BCUT2D eigenvalue weighted by molar-refractivity contribution is -0.111. The number of nitriles is 1. The zero-order chi connectivity index (χ0) is 19.3. The van der Waals surface area contributed by atoms with E-state index >= 15 is 0 Å². The lowest BCUT2D eigenvalue weighted by Gasteiger charge is -2.37. The molecule has 2 aliphatic rings. The number of aromatic nitrogens is 2. The van der Waals surface area contributed by atoms with E-state index in [2.05, 4.69) is 26.1 Å². The maximum Gasteiger partial charge on any atom is 0.258 e. The van der Waals surface area contributed by atoms with E-state index in [1.165, 1.54) is 5.57 Å². The molecule has 0 aliphatic carbocycles. The molecule has 8 nitrogen and oxygen atoms in total. The normalized spacial score (nSPS) is 17.1. The van der Waals surface area contributed by atoms with E-state index in [0.717, 1.165) is 37.3 Å². The first-order valence-electron chi connectivity index (χ1n) is 9.10. The molecule has 4 rings (SSSR count). The third kappa shape index (κ3) is 3.66. The Labute approximate surface area is 163 Å². The predicted molar refractivity (Wildman–Crippen MR) is 103 cm³/mol. The minimum atomic E-state index is 0.381. The van der Waals surface area contributed by atoms with Gasteiger partial charge in [-0.25, -0.2) is 10.1 Å². The molecule has 2 aromatic rings. The first-order valence-corrected chi connectivity index (χ1v) is 9.10. The smallest absolute Gasteiger partial charge is 0.258 e. The molecule has 0 atom stereocenters. The van der Waals surface area contributed by atoms with Crippen LogP contribution in [0.2, 0.25) is 0 Å². The van der Waals surface area contributed by atoms with Crippen molar-refractivity contribution in [2.45, 2.75) is 12.8 Å². The number of piperidine rings is 1. The van der Waals surface area contributed by atoms with Crippen LogP contribution in [-0.4, -0.2) is 53.1 Å². The van der Waals surface area contributed by atoms with Gasteiger partial charge in [-0.15, -0.1) is 0 Å². The van der Waals surface area contributed by atoms with Crippen LogP contribution in [0.15, 0.2) is 56.9 Å². The average Bonchev–Trinajstić information content (AvgIpc) is 3.23. The Balaban J connectivity index is 1.46. The summed E-state index contributed by atoms with van der Waals surface area (Å²) in [4.78, 5) is 16.2. The van der Waals surface area contributed by atoms with Crippen molar-refractivity contribution in [2.75, 3.05) is 26.7 Å². The third-order valence-corrected chi connectivity index (χ3v) is 4.74. The van der Waals surface area contributed by atoms with E-state index in [4.69, 9.17) is 9.36 Å². The zero-order valence-electron chi connectivity index (χ0n) is 15.6. The predicted octanol–water partition coefficient (Wildman–Crippen LogP) is 2.86. The van der Waals surface area contributed by atoms with Crippen LogP contribution in [0.4, 0.5) is 0 Å². The van der Waals surface area contributed by atoms with Crippen molar-refractivity contribution in [1.29, 1.82) is 5.26 Å². The Morgan fingerprint density at radius 3 is 2.71 bits per heavy atom. The van der Waals surface area contributed by atoms with Gasteiger partial charge in [0.25, 0.3) is 5.89 Å². The number of nitrogens with zero attached hydrogens (tertiary/aromatic N) is 6. The van der Waals surface area contributed by atoms with Gasteiger partial charge < -0.3 is 9.42 Å². The van der Waals surface area contributed by atoms with Gasteiger partial charge in [-0.3, -0.25) is 4.84 Å². The van der Waals surface area contributed by atoms with Crippen LogP contribution < -0.4 is 0 Å². The average molecular weight is 376 g/mol. The van der Waals surface area contributed by atoms with E-state index < -0.39 is 0 Å². The zero-order valence-corrected chi connectivity index (χ0v) is 15.6. The SMILES string of the molecule is CON1CC=NC(C#N)=C1N1CCC(=Cc2noc(-c3ccccc3)n2)CC1. The topological polar surface area (TPSA) is 90.8 Å². The summed E-state index contributed by atoms with van der Waals surface area (Å²) in [5.41, 5.74) is 2.54. The summed E-state index contributed by atoms with van der Waals surface area (Å²) in [6.45, 7) is 2.07. The molecule has 2 aliphatic heterocycles. The molecule has 1 saturated heterocycles. The minimum absolute atomic E-state index is 0.381. The molecule has 0 unspecified atom stereocenters. The van der Waals surface area contributed by atoms with Crippen LogP contribution >= 0.6 is 0 Å². The quantitative estimate of drug-likeness (QED) is 0.810. The maximum atomic E-state index is 9.38. The maximum absolute atomic E-state index is 9.38. The molecule has 0 amide bonds. The number of benzene rings is 1. The number of hydrogen-bond acceptors (Lipinski definition) is 8. The van der Waals surface area contributed by atoms with Gasteiger partial charge in [-0.05, 0) is 31.1 Å². The summed E-state index contributed by atoms with van der Waals surface area (Å²) in [7, 11) is 1.60. The molecule has 1 aromatic heterocycles. The number of hydrogen-bond donors (Lipinski definition) is 0.